The molecule has 1 aromatic rings. The van der Waals surface area contributed by atoms with Gasteiger partial charge in [0.15, 0.2) is 0 Å². The Labute approximate surface area is 121 Å². The molecule has 1 aliphatic rings. The van der Waals surface area contributed by atoms with Crippen LogP contribution in [-0.2, 0) is 11.2 Å². The van der Waals surface area contributed by atoms with Gasteiger partial charge in [0, 0.05) is 24.4 Å². The predicted octanol–water partition coefficient (Wildman–Crippen LogP) is 2.62. The molecule has 1 aliphatic heterocycles. The van der Waals surface area contributed by atoms with E-state index in [0.717, 1.165) is 24.3 Å². The zero-order chi connectivity index (χ0) is 13.2. The van der Waals surface area contributed by atoms with Crippen molar-refractivity contribution in [1.82, 2.24) is 5.32 Å². The number of rotatable bonds is 3. The lowest BCUT2D eigenvalue weighted by Gasteiger charge is -2.38. The molecule has 1 atom stereocenters. The van der Waals surface area contributed by atoms with E-state index in [1.807, 2.05) is 32.0 Å². The fraction of sp³-hybridized carbons (Fsp3) is 0.533. The minimum absolute atomic E-state index is 0. The number of para-hydroxylation sites is 1. The lowest BCUT2D eigenvalue weighted by Crippen LogP contribution is -2.53. The first-order chi connectivity index (χ1) is 8.55. The Bertz CT molecular complexity index is 446. The number of carbonyl (C=O) groups excluding carboxylic acids is 1. The predicted molar refractivity (Wildman–Crippen MR) is 79.1 cm³/mol. The van der Waals surface area contributed by atoms with E-state index in [4.69, 9.17) is 4.74 Å². The molecule has 1 heterocycles. The van der Waals surface area contributed by atoms with Crippen molar-refractivity contribution in [3.8, 4) is 5.75 Å². The van der Waals surface area contributed by atoms with Crippen LogP contribution in [0.3, 0.4) is 0 Å². The number of Topliss-reactive ketones (excluding diaryl/α,β-unsaturated/α-hetero) is 1. The third-order valence-corrected chi connectivity index (χ3v) is 3.95. The first-order valence-corrected chi connectivity index (χ1v) is 6.44. The lowest BCUT2D eigenvalue weighted by molar-refractivity contribution is -0.130. The number of ether oxygens (including phenoxy) is 1. The van der Waals surface area contributed by atoms with Gasteiger partial charge >= 0.3 is 0 Å². The first kappa shape index (κ1) is 16.0. The number of halogens is 1. The molecular weight excluding hydrogens is 262 g/mol. The third kappa shape index (κ3) is 3.28. The summed E-state index contributed by atoms with van der Waals surface area (Å²) >= 11 is 0. The Morgan fingerprint density at radius 3 is 2.74 bits per heavy atom. The van der Waals surface area contributed by atoms with Crippen LogP contribution in [-0.4, -0.2) is 25.5 Å². The fourth-order valence-corrected chi connectivity index (χ4v) is 2.55. The molecule has 1 saturated heterocycles. The molecule has 19 heavy (non-hydrogen) atoms. The molecule has 1 fully saturated rings. The van der Waals surface area contributed by atoms with Crippen molar-refractivity contribution >= 4 is 18.2 Å². The maximum Gasteiger partial charge on any atom is 0.141 e. The smallest absolute Gasteiger partial charge is 0.141 e. The van der Waals surface area contributed by atoms with Gasteiger partial charge in [0.1, 0.15) is 11.5 Å². The van der Waals surface area contributed by atoms with Crippen LogP contribution in [0.4, 0.5) is 0 Å². The molecular formula is C15H22ClNO2. The standard InChI is InChI=1S/C15H21NO2.ClH/c1-15(2)13(16-9-8-14(15)17)10-11-6-4-5-7-12(11)18-3;/h4-7,13,16H,8-10H2,1-3H3;1H. The summed E-state index contributed by atoms with van der Waals surface area (Å²) in [4.78, 5) is 12.0. The SMILES string of the molecule is COc1ccccc1CC1NCCC(=O)C1(C)C.Cl. The number of nitrogens with one attached hydrogen (secondary N) is 1. The number of hydrogen-bond acceptors (Lipinski definition) is 3. The molecule has 106 valence electrons. The number of methoxy groups -OCH3 is 1. The second-order valence-electron chi connectivity index (χ2n) is 5.42. The molecule has 0 saturated carbocycles. The molecule has 1 N–H and O–H groups in total. The Balaban J connectivity index is 0.00000180. The highest BCUT2D eigenvalue weighted by Crippen LogP contribution is 2.31. The number of piperidine rings is 1. The third-order valence-electron chi connectivity index (χ3n) is 3.95. The first-order valence-electron chi connectivity index (χ1n) is 6.44. The van der Waals surface area contributed by atoms with Crippen LogP contribution in [0.2, 0.25) is 0 Å². The zero-order valence-electron chi connectivity index (χ0n) is 11.7. The number of benzene rings is 1. The summed E-state index contributed by atoms with van der Waals surface area (Å²) in [7, 11) is 1.68. The summed E-state index contributed by atoms with van der Waals surface area (Å²) in [5.74, 6) is 1.24. The maximum absolute atomic E-state index is 12.0. The van der Waals surface area contributed by atoms with Gasteiger partial charge in [-0.3, -0.25) is 4.79 Å². The number of carbonyl (C=O) groups is 1. The molecule has 0 aliphatic carbocycles. The van der Waals surface area contributed by atoms with Gasteiger partial charge in [-0.2, -0.15) is 0 Å². The summed E-state index contributed by atoms with van der Waals surface area (Å²) in [5, 5.41) is 3.46. The van der Waals surface area contributed by atoms with Gasteiger partial charge in [0.2, 0.25) is 0 Å². The van der Waals surface area contributed by atoms with Gasteiger partial charge in [0.05, 0.1) is 7.11 Å². The second-order valence-corrected chi connectivity index (χ2v) is 5.42. The Kier molecular flexibility index (Phi) is 5.39. The van der Waals surface area contributed by atoms with E-state index in [1.165, 1.54) is 0 Å². The van der Waals surface area contributed by atoms with Gasteiger partial charge < -0.3 is 10.1 Å². The van der Waals surface area contributed by atoms with Gasteiger partial charge in [0.25, 0.3) is 0 Å². The molecule has 1 unspecified atom stereocenters. The highest BCUT2D eigenvalue weighted by Gasteiger charge is 2.39. The average molecular weight is 284 g/mol. The van der Waals surface area contributed by atoms with Crippen LogP contribution in [0.15, 0.2) is 24.3 Å². The van der Waals surface area contributed by atoms with Crippen LogP contribution in [0, 0.1) is 5.41 Å². The van der Waals surface area contributed by atoms with Gasteiger partial charge in [-0.15, -0.1) is 12.4 Å². The topological polar surface area (TPSA) is 38.3 Å². The number of ketones is 1. The van der Waals surface area contributed by atoms with Crippen LogP contribution in [0.25, 0.3) is 0 Å². The maximum atomic E-state index is 12.0. The Hall–Kier alpha value is -1.06. The van der Waals surface area contributed by atoms with E-state index in [0.29, 0.717) is 12.2 Å². The molecule has 2 rings (SSSR count). The quantitative estimate of drug-likeness (QED) is 0.927. The van der Waals surface area contributed by atoms with Gasteiger partial charge in [-0.1, -0.05) is 32.0 Å². The van der Waals surface area contributed by atoms with Gasteiger partial charge in [-0.25, -0.2) is 0 Å². The van der Waals surface area contributed by atoms with E-state index >= 15 is 0 Å². The monoisotopic (exact) mass is 283 g/mol. The van der Waals surface area contributed by atoms with E-state index in [9.17, 15) is 4.79 Å². The number of hydrogen-bond donors (Lipinski definition) is 1. The average Bonchev–Trinajstić information content (AvgIpc) is 2.36. The van der Waals surface area contributed by atoms with E-state index in [2.05, 4.69) is 11.4 Å². The lowest BCUT2D eigenvalue weighted by atomic mass is 9.74. The Morgan fingerprint density at radius 1 is 1.37 bits per heavy atom. The van der Waals surface area contributed by atoms with E-state index in [-0.39, 0.29) is 23.9 Å². The van der Waals surface area contributed by atoms with Crippen LogP contribution >= 0.6 is 12.4 Å². The summed E-state index contributed by atoms with van der Waals surface area (Å²) < 4.78 is 5.37. The van der Waals surface area contributed by atoms with Crippen LogP contribution in [0.5, 0.6) is 5.75 Å². The minimum atomic E-state index is -0.306. The van der Waals surface area contributed by atoms with Crippen molar-refractivity contribution < 1.29 is 9.53 Å². The Morgan fingerprint density at radius 2 is 2.05 bits per heavy atom. The summed E-state index contributed by atoms with van der Waals surface area (Å²) in [5.41, 5.74) is 0.847. The molecule has 0 bridgehead atoms. The van der Waals surface area contributed by atoms with E-state index < -0.39 is 0 Å². The molecule has 0 aromatic heterocycles. The zero-order valence-corrected chi connectivity index (χ0v) is 12.5. The van der Waals surface area contributed by atoms with Crippen molar-refractivity contribution in [2.24, 2.45) is 5.41 Å². The van der Waals surface area contributed by atoms with Crippen molar-refractivity contribution in [2.45, 2.75) is 32.7 Å². The van der Waals surface area contributed by atoms with Crippen LogP contribution in [0.1, 0.15) is 25.8 Å². The molecule has 3 nitrogen and oxygen atoms in total. The van der Waals surface area contributed by atoms with Crippen molar-refractivity contribution in [3.05, 3.63) is 29.8 Å². The molecule has 1 aromatic carbocycles. The van der Waals surface area contributed by atoms with Crippen molar-refractivity contribution in [3.63, 3.8) is 0 Å². The highest BCUT2D eigenvalue weighted by atomic mass is 35.5. The minimum Gasteiger partial charge on any atom is -0.496 e. The second kappa shape index (κ2) is 6.40. The molecule has 0 spiro atoms. The summed E-state index contributed by atoms with van der Waals surface area (Å²) in [6.45, 7) is 4.84. The fourth-order valence-electron chi connectivity index (χ4n) is 2.55. The highest BCUT2D eigenvalue weighted by molar-refractivity contribution is 5.86. The normalized spacial score (nSPS) is 21.6. The molecule has 0 amide bonds. The van der Waals surface area contributed by atoms with Gasteiger partial charge in [-0.05, 0) is 18.1 Å². The molecule has 4 heteroatoms. The molecule has 0 radical (unpaired) electrons. The summed E-state index contributed by atoms with van der Waals surface area (Å²) in [6, 6.07) is 8.18. The summed E-state index contributed by atoms with van der Waals surface area (Å²) in [6.07, 6.45) is 1.46. The van der Waals surface area contributed by atoms with E-state index in [1.54, 1.807) is 7.11 Å². The van der Waals surface area contributed by atoms with Crippen molar-refractivity contribution in [2.75, 3.05) is 13.7 Å². The van der Waals surface area contributed by atoms with Crippen molar-refractivity contribution in [1.29, 1.82) is 0 Å². The largest absolute Gasteiger partial charge is 0.496 e. The van der Waals surface area contributed by atoms with Crippen LogP contribution < -0.4 is 10.1 Å².